The van der Waals surface area contributed by atoms with Crippen molar-refractivity contribution in [2.75, 3.05) is 11.1 Å². The van der Waals surface area contributed by atoms with Gasteiger partial charge in [0.05, 0.1) is 0 Å². The molecule has 94 valence electrons. The standard InChI is InChI=1S/C14H18N4/c1-3-11-4-6-12(7-5-11)9-16-14-8-13(15)17-10(2)18-14/h4-8H,3,9H2,1-2H3,(H3,15,16,17,18). The molecule has 4 nitrogen and oxygen atoms in total. The molecule has 3 N–H and O–H groups in total. The molecule has 18 heavy (non-hydrogen) atoms. The number of nitrogens with two attached hydrogens (primary N) is 1. The topological polar surface area (TPSA) is 63.8 Å². The molecule has 0 atom stereocenters. The van der Waals surface area contributed by atoms with Gasteiger partial charge in [0.1, 0.15) is 17.5 Å². The number of nitrogens with one attached hydrogen (secondary N) is 1. The van der Waals surface area contributed by atoms with Crippen LogP contribution in [0, 0.1) is 6.92 Å². The minimum atomic E-state index is 0.492. The summed E-state index contributed by atoms with van der Waals surface area (Å²) in [7, 11) is 0. The van der Waals surface area contributed by atoms with E-state index in [1.54, 1.807) is 6.07 Å². The highest BCUT2D eigenvalue weighted by molar-refractivity contribution is 5.45. The van der Waals surface area contributed by atoms with Gasteiger partial charge in [-0.25, -0.2) is 9.97 Å². The first kappa shape index (κ1) is 12.4. The van der Waals surface area contributed by atoms with Crippen molar-refractivity contribution >= 4 is 11.6 Å². The van der Waals surface area contributed by atoms with E-state index in [0.717, 1.165) is 18.8 Å². The third kappa shape index (κ3) is 3.20. The van der Waals surface area contributed by atoms with E-state index in [0.29, 0.717) is 11.6 Å². The van der Waals surface area contributed by atoms with Gasteiger partial charge in [0, 0.05) is 12.6 Å². The zero-order valence-electron chi connectivity index (χ0n) is 10.8. The number of nitrogens with zero attached hydrogens (tertiary/aromatic N) is 2. The van der Waals surface area contributed by atoms with Gasteiger partial charge in [-0.05, 0) is 24.5 Å². The molecule has 0 radical (unpaired) electrons. The molecule has 1 heterocycles. The lowest BCUT2D eigenvalue weighted by molar-refractivity contribution is 1.03. The van der Waals surface area contributed by atoms with E-state index in [2.05, 4.69) is 46.5 Å². The summed E-state index contributed by atoms with van der Waals surface area (Å²) in [5, 5.41) is 3.25. The fourth-order valence-electron chi connectivity index (χ4n) is 1.77. The number of aromatic nitrogens is 2. The number of hydrogen-bond donors (Lipinski definition) is 2. The molecule has 4 heteroatoms. The van der Waals surface area contributed by atoms with Crippen LogP contribution in [0.15, 0.2) is 30.3 Å². The van der Waals surface area contributed by atoms with Crippen LogP contribution in [-0.4, -0.2) is 9.97 Å². The molecule has 0 amide bonds. The average Bonchev–Trinajstić information content (AvgIpc) is 2.36. The van der Waals surface area contributed by atoms with Crippen molar-refractivity contribution in [3.05, 3.63) is 47.3 Å². The summed E-state index contributed by atoms with van der Waals surface area (Å²) in [5.74, 6) is 1.93. The van der Waals surface area contributed by atoms with E-state index in [9.17, 15) is 0 Å². The summed E-state index contributed by atoms with van der Waals surface area (Å²) in [6.07, 6.45) is 1.06. The molecule has 0 saturated heterocycles. The number of nitrogen functional groups attached to an aromatic ring is 1. The highest BCUT2D eigenvalue weighted by atomic mass is 15.0. The van der Waals surface area contributed by atoms with E-state index in [1.807, 2.05) is 6.92 Å². The predicted octanol–water partition coefficient (Wildman–Crippen LogP) is 2.54. The first-order valence-corrected chi connectivity index (χ1v) is 6.10. The molecule has 0 aliphatic carbocycles. The number of anilines is 2. The second kappa shape index (κ2) is 5.49. The molecule has 2 rings (SSSR count). The summed E-state index contributed by atoms with van der Waals surface area (Å²) in [6.45, 7) is 4.72. The maximum atomic E-state index is 5.68. The smallest absolute Gasteiger partial charge is 0.132 e. The van der Waals surface area contributed by atoms with Crippen molar-refractivity contribution < 1.29 is 0 Å². The van der Waals surface area contributed by atoms with Crippen LogP contribution in [0.3, 0.4) is 0 Å². The predicted molar refractivity (Wildman–Crippen MR) is 74.3 cm³/mol. The number of benzene rings is 1. The SMILES string of the molecule is CCc1ccc(CNc2cc(N)nc(C)n2)cc1. The van der Waals surface area contributed by atoms with Crippen LogP contribution in [0.25, 0.3) is 0 Å². The maximum absolute atomic E-state index is 5.68. The Hall–Kier alpha value is -2.10. The van der Waals surface area contributed by atoms with Gasteiger partial charge in [0.15, 0.2) is 0 Å². The Morgan fingerprint density at radius 3 is 2.39 bits per heavy atom. The van der Waals surface area contributed by atoms with Crippen molar-refractivity contribution in [3.8, 4) is 0 Å². The molecule has 1 aromatic heterocycles. The molecule has 0 unspecified atom stereocenters. The maximum Gasteiger partial charge on any atom is 0.132 e. The molecule has 0 saturated carbocycles. The number of rotatable bonds is 4. The lowest BCUT2D eigenvalue weighted by atomic mass is 10.1. The average molecular weight is 242 g/mol. The molecule has 0 fully saturated rings. The minimum absolute atomic E-state index is 0.492. The fraction of sp³-hybridized carbons (Fsp3) is 0.286. The van der Waals surface area contributed by atoms with Gasteiger partial charge in [0.25, 0.3) is 0 Å². The molecule has 0 aliphatic heterocycles. The monoisotopic (exact) mass is 242 g/mol. The second-order valence-electron chi connectivity index (χ2n) is 4.25. The molecular weight excluding hydrogens is 224 g/mol. The molecular formula is C14H18N4. The van der Waals surface area contributed by atoms with Crippen molar-refractivity contribution in [1.29, 1.82) is 0 Å². The van der Waals surface area contributed by atoms with Crippen molar-refractivity contribution in [2.24, 2.45) is 0 Å². The van der Waals surface area contributed by atoms with Crippen LogP contribution >= 0.6 is 0 Å². The number of aryl methyl sites for hydroxylation is 2. The lowest BCUT2D eigenvalue weighted by Gasteiger charge is -2.07. The van der Waals surface area contributed by atoms with Gasteiger partial charge in [-0.2, -0.15) is 0 Å². The van der Waals surface area contributed by atoms with Gasteiger partial charge in [0.2, 0.25) is 0 Å². The summed E-state index contributed by atoms with van der Waals surface area (Å²) in [5.41, 5.74) is 8.25. The third-order valence-electron chi connectivity index (χ3n) is 2.76. The minimum Gasteiger partial charge on any atom is -0.384 e. The van der Waals surface area contributed by atoms with E-state index in [-0.39, 0.29) is 0 Å². The van der Waals surface area contributed by atoms with Crippen molar-refractivity contribution in [2.45, 2.75) is 26.8 Å². The van der Waals surface area contributed by atoms with Crippen molar-refractivity contribution in [3.63, 3.8) is 0 Å². The van der Waals surface area contributed by atoms with E-state index < -0.39 is 0 Å². The highest BCUT2D eigenvalue weighted by Gasteiger charge is 1.99. The zero-order chi connectivity index (χ0) is 13.0. The molecule has 0 spiro atoms. The van der Waals surface area contributed by atoms with E-state index >= 15 is 0 Å². The van der Waals surface area contributed by atoms with Gasteiger partial charge in [-0.1, -0.05) is 31.2 Å². The zero-order valence-corrected chi connectivity index (χ0v) is 10.8. The Balaban J connectivity index is 2.01. The fourth-order valence-corrected chi connectivity index (χ4v) is 1.77. The summed E-state index contributed by atoms with van der Waals surface area (Å²) < 4.78 is 0. The van der Waals surface area contributed by atoms with Crippen LogP contribution in [0.2, 0.25) is 0 Å². The van der Waals surface area contributed by atoms with Crippen LogP contribution in [0.4, 0.5) is 11.6 Å². The van der Waals surface area contributed by atoms with Gasteiger partial charge >= 0.3 is 0 Å². The molecule has 2 aromatic rings. The summed E-state index contributed by atoms with van der Waals surface area (Å²) in [6, 6.07) is 10.3. The Kier molecular flexibility index (Phi) is 3.77. The Labute approximate surface area is 107 Å². The molecule has 0 bridgehead atoms. The van der Waals surface area contributed by atoms with Gasteiger partial charge in [-0.15, -0.1) is 0 Å². The Bertz CT molecular complexity index is 500. The van der Waals surface area contributed by atoms with Crippen LogP contribution in [-0.2, 0) is 13.0 Å². The second-order valence-corrected chi connectivity index (χ2v) is 4.25. The lowest BCUT2D eigenvalue weighted by Crippen LogP contribution is -2.04. The quantitative estimate of drug-likeness (QED) is 0.864. The molecule has 1 aromatic carbocycles. The van der Waals surface area contributed by atoms with Crippen LogP contribution < -0.4 is 11.1 Å². The molecule has 0 aliphatic rings. The third-order valence-corrected chi connectivity index (χ3v) is 2.76. The summed E-state index contributed by atoms with van der Waals surface area (Å²) in [4.78, 5) is 8.32. The van der Waals surface area contributed by atoms with Crippen LogP contribution in [0.1, 0.15) is 23.9 Å². The van der Waals surface area contributed by atoms with Crippen LogP contribution in [0.5, 0.6) is 0 Å². The first-order chi connectivity index (χ1) is 8.67. The normalized spacial score (nSPS) is 10.3. The first-order valence-electron chi connectivity index (χ1n) is 6.10. The largest absolute Gasteiger partial charge is 0.384 e. The van der Waals surface area contributed by atoms with Crippen molar-refractivity contribution in [1.82, 2.24) is 9.97 Å². The Morgan fingerprint density at radius 1 is 1.11 bits per heavy atom. The van der Waals surface area contributed by atoms with Gasteiger partial charge < -0.3 is 11.1 Å². The van der Waals surface area contributed by atoms with Gasteiger partial charge in [-0.3, -0.25) is 0 Å². The highest BCUT2D eigenvalue weighted by Crippen LogP contribution is 2.10. The number of hydrogen-bond acceptors (Lipinski definition) is 4. The summed E-state index contributed by atoms with van der Waals surface area (Å²) >= 11 is 0. The van der Waals surface area contributed by atoms with E-state index in [1.165, 1.54) is 11.1 Å². The van der Waals surface area contributed by atoms with E-state index in [4.69, 9.17) is 5.73 Å². The Morgan fingerprint density at radius 2 is 1.78 bits per heavy atom.